The Bertz CT molecular complexity index is 259. The Morgan fingerprint density at radius 2 is 1.82 bits per heavy atom. The zero-order chi connectivity index (χ0) is 12.3. The van der Waals surface area contributed by atoms with Crippen molar-refractivity contribution in [3.05, 3.63) is 0 Å². The van der Waals surface area contributed by atoms with Crippen molar-refractivity contribution in [3.63, 3.8) is 0 Å². The molecule has 1 N–H and O–H groups in total. The van der Waals surface area contributed by atoms with E-state index in [1.165, 1.54) is 32.2 Å². The number of rotatable bonds is 4. The van der Waals surface area contributed by atoms with Crippen LogP contribution >= 0.6 is 0 Å². The molecule has 17 heavy (non-hydrogen) atoms. The van der Waals surface area contributed by atoms with Crippen molar-refractivity contribution in [2.24, 2.45) is 17.8 Å². The van der Waals surface area contributed by atoms with E-state index in [4.69, 9.17) is 5.11 Å². The molecule has 0 aromatic carbocycles. The number of aliphatic carboxylic acids is 1. The highest BCUT2D eigenvalue weighted by molar-refractivity contribution is 5.70. The fourth-order valence-electron chi connectivity index (χ4n) is 3.44. The van der Waals surface area contributed by atoms with Gasteiger partial charge in [0.25, 0.3) is 0 Å². The van der Waals surface area contributed by atoms with Crippen molar-refractivity contribution >= 4 is 5.97 Å². The molecule has 2 aliphatic rings. The second kappa shape index (κ2) is 5.85. The lowest BCUT2D eigenvalue weighted by Gasteiger charge is -2.31. The Kier molecular flexibility index (Phi) is 4.43. The van der Waals surface area contributed by atoms with Crippen LogP contribution in [0.25, 0.3) is 0 Å². The van der Waals surface area contributed by atoms with E-state index in [9.17, 15) is 4.79 Å². The van der Waals surface area contributed by atoms with E-state index in [1.54, 1.807) is 0 Å². The highest BCUT2D eigenvalue weighted by Crippen LogP contribution is 2.33. The van der Waals surface area contributed by atoms with Gasteiger partial charge in [0.15, 0.2) is 0 Å². The third-order valence-corrected chi connectivity index (χ3v) is 4.68. The van der Waals surface area contributed by atoms with E-state index in [2.05, 4.69) is 11.8 Å². The van der Waals surface area contributed by atoms with Gasteiger partial charge in [-0.25, -0.2) is 0 Å². The molecule has 0 aromatic heterocycles. The summed E-state index contributed by atoms with van der Waals surface area (Å²) in [5.74, 6) is 1.15. The third kappa shape index (κ3) is 3.44. The summed E-state index contributed by atoms with van der Waals surface area (Å²) in [4.78, 5) is 13.4. The number of piperidine rings is 1. The Morgan fingerprint density at radius 3 is 2.35 bits per heavy atom. The number of hydrogen-bond donors (Lipinski definition) is 1. The van der Waals surface area contributed by atoms with Crippen molar-refractivity contribution < 1.29 is 9.90 Å². The van der Waals surface area contributed by atoms with Crippen molar-refractivity contribution in [1.29, 1.82) is 0 Å². The summed E-state index contributed by atoms with van der Waals surface area (Å²) in [6.07, 6.45) is 7.22. The van der Waals surface area contributed by atoms with Gasteiger partial charge >= 0.3 is 5.97 Å². The molecule has 0 amide bonds. The molecule has 0 bridgehead atoms. The molecule has 1 saturated carbocycles. The van der Waals surface area contributed by atoms with Crippen molar-refractivity contribution in [2.45, 2.75) is 45.4 Å². The van der Waals surface area contributed by atoms with E-state index in [-0.39, 0.29) is 5.92 Å². The maximum atomic E-state index is 10.9. The predicted molar refractivity (Wildman–Crippen MR) is 67.9 cm³/mol. The van der Waals surface area contributed by atoms with Gasteiger partial charge < -0.3 is 10.0 Å². The van der Waals surface area contributed by atoms with Gasteiger partial charge in [-0.3, -0.25) is 4.79 Å². The van der Waals surface area contributed by atoms with E-state index in [1.807, 2.05) is 0 Å². The monoisotopic (exact) mass is 239 g/mol. The summed E-state index contributed by atoms with van der Waals surface area (Å²) < 4.78 is 0. The van der Waals surface area contributed by atoms with E-state index < -0.39 is 5.97 Å². The predicted octanol–water partition coefficient (Wildman–Crippen LogP) is 2.61. The summed E-state index contributed by atoms with van der Waals surface area (Å²) >= 11 is 0. The van der Waals surface area contributed by atoms with Gasteiger partial charge in [-0.2, -0.15) is 0 Å². The number of carboxylic acids is 1. The number of carbonyl (C=O) groups is 1. The van der Waals surface area contributed by atoms with Crippen LogP contribution in [0.2, 0.25) is 0 Å². The van der Waals surface area contributed by atoms with Crippen LogP contribution in [0, 0.1) is 17.8 Å². The van der Waals surface area contributed by atoms with Gasteiger partial charge in [-0.1, -0.05) is 19.8 Å². The van der Waals surface area contributed by atoms with Gasteiger partial charge in [-0.05, 0) is 50.6 Å². The molecule has 0 unspecified atom stereocenters. The summed E-state index contributed by atoms with van der Waals surface area (Å²) in [6.45, 7) is 5.49. The van der Waals surface area contributed by atoms with Crippen LogP contribution in [0.1, 0.15) is 45.4 Å². The molecule has 3 nitrogen and oxygen atoms in total. The minimum Gasteiger partial charge on any atom is -0.481 e. The molecule has 0 spiro atoms. The van der Waals surface area contributed by atoms with Crippen molar-refractivity contribution in [2.75, 3.05) is 19.6 Å². The number of hydrogen-bond acceptors (Lipinski definition) is 2. The summed E-state index contributed by atoms with van der Waals surface area (Å²) in [6, 6.07) is 0. The summed E-state index contributed by atoms with van der Waals surface area (Å²) in [7, 11) is 0. The molecular formula is C14H25NO2. The topological polar surface area (TPSA) is 40.5 Å². The number of nitrogens with zero attached hydrogens (tertiary/aromatic N) is 1. The Balaban J connectivity index is 1.70. The van der Waals surface area contributed by atoms with Gasteiger partial charge in [0.05, 0.1) is 5.92 Å². The van der Waals surface area contributed by atoms with Crippen LogP contribution in [-0.2, 0) is 4.79 Å². The van der Waals surface area contributed by atoms with Crippen LogP contribution < -0.4 is 0 Å². The molecule has 0 aromatic rings. The van der Waals surface area contributed by atoms with E-state index in [0.717, 1.165) is 37.8 Å². The highest BCUT2D eigenvalue weighted by Gasteiger charge is 2.28. The minimum absolute atomic E-state index is 0.0850. The summed E-state index contributed by atoms with van der Waals surface area (Å²) in [5, 5.41) is 8.96. The Hall–Kier alpha value is -0.570. The zero-order valence-electron chi connectivity index (χ0n) is 10.9. The highest BCUT2D eigenvalue weighted by atomic mass is 16.4. The molecule has 2 rings (SSSR count). The van der Waals surface area contributed by atoms with Gasteiger partial charge in [0, 0.05) is 6.54 Å². The van der Waals surface area contributed by atoms with E-state index in [0.29, 0.717) is 0 Å². The fourth-order valence-corrected chi connectivity index (χ4v) is 3.44. The first-order valence-corrected chi connectivity index (χ1v) is 7.14. The van der Waals surface area contributed by atoms with Gasteiger partial charge in [-0.15, -0.1) is 0 Å². The van der Waals surface area contributed by atoms with Crippen molar-refractivity contribution in [3.8, 4) is 0 Å². The van der Waals surface area contributed by atoms with Gasteiger partial charge in [0.2, 0.25) is 0 Å². The first-order valence-electron chi connectivity index (χ1n) is 7.14. The molecule has 2 atom stereocenters. The first-order chi connectivity index (χ1) is 8.19. The lowest BCUT2D eigenvalue weighted by molar-refractivity contribution is -0.143. The molecule has 1 heterocycles. The quantitative estimate of drug-likeness (QED) is 0.820. The number of likely N-dealkylation sites (tertiary alicyclic amines) is 1. The van der Waals surface area contributed by atoms with Gasteiger partial charge in [0.1, 0.15) is 0 Å². The van der Waals surface area contributed by atoms with Crippen molar-refractivity contribution in [1.82, 2.24) is 4.90 Å². The average molecular weight is 239 g/mol. The smallest absolute Gasteiger partial charge is 0.306 e. The molecule has 0 radical (unpaired) electrons. The second-order valence-corrected chi connectivity index (χ2v) is 5.87. The van der Waals surface area contributed by atoms with Crippen LogP contribution in [-0.4, -0.2) is 35.6 Å². The van der Waals surface area contributed by atoms with Crippen LogP contribution in [0.5, 0.6) is 0 Å². The minimum atomic E-state index is -0.600. The SMILES string of the molecule is CC[C@@H]1CC[C@H](CN2CCC(C(=O)O)CC2)C1. The molecule has 1 aliphatic heterocycles. The summed E-state index contributed by atoms with van der Waals surface area (Å²) in [5.41, 5.74) is 0. The second-order valence-electron chi connectivity index (χ2n) is 5.87. The maximum absolute atomic E-state index is 10.9. The normalized spacial score (nSPS) is 31.8. The fraction of sp³-hybridized carbons (Fsp3) is 0.929. The van der Waals surface area contributed by atoms with E-state index >= 15 is 0 Å². The molecule has 1 saturated heterocycles. The first kappa shape index (κ1) is 12.9. The lowest BCUT2D eigenvalue weighted by Crippen LogP contribution is -2.38. The maximum Gasteiger partial charge on any atom is 0.306 e. The van der Waals surface area contributed by atoms with Crippen LogP contribution in [0.3, 0.4) is 0 Å². The third-order valence-electron chi connectivity index (χ3n) is 4.68. The molecule has 1 aliphatic carbocycles. The largest absolute Gasteiger partial charge is 0.481 e. The molecule has 2 fully saturated rings. The van der Waals surface area contributed by atoms with Crippen LogP contribution in [0.4, 0.5) is 0 Å². The van der Waals surface area contributed by atoms with Crippen LogP contribution in [0.15, 0.2) is 0 Å². The lowest BCUT2D eigenvalue weighted by atomic mass is 9.95. The molecule has 3 heteroatoms. The average Bonchev–Trinajstić information content (AvgIpc) is 2.77. The zero-order valence-corrected chi connectivity index (χ0v) is 10.9. The number of carboxylic acid groups (broad SMARTS) is 1. The Labute approximate surface area is 104 Å². The standard InChI is InChI=1S/C14H25NO2/c1-2-11-3-4-12(9-11)10-15-7-5-13(6-8-15)14(16)17/h11-13H,2-10H2,1H3,(H,16,17)/t11-,12+/m1/s1. The Morgan fingerprint density at radius 1 is 1.18 bits per heavy atom. The molecule has 98 valence electrons. The molecular weight excluding hydrogens is 214 g/mol.